The Morgan fingerprint density at radius 2 is 1.80 bits per heavy atom. The molecule has 15 heavy (non-hydrogen) atoms. The van der Waals surface area contributed by atoms with E-state index in [1.165, 1.54) is 0 Å². The lowest BCUT2D eigenvalue weighted by Gasteiger charge is -2.13. The van der Waals surface area contributed by atoms with Gasteiger partial charge in [-0.05, 0) is 82.3 Å². The molecule has 0 radical (unpaired) electrons. The minimum absolute atomic E-state index is 0.0104. The highest BCUT2D eigenvalue weighted by Crippen LogP contribution is 2.30. The maximum absolute atomic E-state index is 9.61. The van der Waals surface area contributed by atoms with Gasteiger partial charge in [0.1, 0.15) is 5.75 Å². The Balaban J connectivity index is 2.86. The van der Waals surface area contributed by atoms with E-state index < -0.39 is 0 Å². The minimum atomic E-state index is 0.0104. The van der Waals surface area contributed by atoms with Crippen molar-refractivity contribution in [2.75, 3.05) is 6.54 Å². The Labute approximate surface area is 117 Å². The molecule has 0 saturated carbocycles. The van der Waals surface area contributed by atoms with Crippen molar-refractivity contribution in [3.8, 4) is 5.75 Å². The molecular weight excluding hydrogens is 418 g/mol. The second kappa shape index (κ2) is 6.21. The van der Waals surface area contributed by atoms with Crippen molar-refractivity contribution in [1.29, 1.82) is 0 Å². The molecule has 1 rings (SSSR count). The maximum atomic E-state index is 9.61. The van der Waals surface area contributed by atoms with Crippen LogP contribution in [-0.2, 0) is 0 Å². The fourth-order valence-corrected chi connectivity index (χ4v) is 3.12. The van der Waals surface area contributed by atoms with Crippen molar-refractivity contribution in [3.63, 3.8) is 0 Å². The lowest BCUT2D eigenvalue weighted by atomic mass is 10.0. The third kappa shape index (κ3) is 3.72. The normalized spacial score (nSPS) is 12.8. The molecule has 0 heterocycles. The van der Waals surface area contributed by atoms with Crippen molar-refractivity contribution in [2.45, 2.75) is 18.9 Å². The Morgan fingerprint density at radius 3 is 2.27 bits per heavy atom. The van der Waals surface area contributed by atoms with Crippen LogP contribution in [0.1, 0.15) is 24.4 Å². The molecular formula is C10H14I2N2O. The summed E-state index contributed by atoms with van der Waals surface area (Å²) in [6.07, 6.45) is 1.81. The molecule has 5 heteroatoms. The fraction of sp³-hybridized carbons (Fsp3) is 0.400. The fourth-order valence-electron chi connectivity index (χ4n) is 1.30. The second-order valence-corrected chi connectivity index (χ2v) is 5.69. The maximum Gasteiger partial charge on any atom is 0.142 e. The van der Waals surface area contributed by atoms with Crippen LogP contribution < -0.4 is 11.5 Å². The number of hydrogen-bond donors (Lipinski definition) is 3. The molecule has 0 bridgehead atoms. The van der Waals surface area contributed by atoms with Crippen LogP contribution in [0.25, 0.3) is 0 Å². The van der Waals surface area contributed by atoms with E-state index >= 15 is 0 Å². The molecule has 0 amide bonds. The summed E-state index contributed by atoms with van der Waals surface area (Å²) in [6.45, 7) is 0.667. The molecule has 1 aromatic carbocycles. The van der Waals surface area contributed by atoms with Crippen LogP contribution in [0, 0.1) is 7.14 Å². The first-order valence-electron chi connectivity index (χ1n) is 4.69. The zero-order chi connectivity index (χ0) is 11.4. The molecule has 3 nitrogen and oxygen atoms in total. The zero-order valence-electron chi connectivity index (χ0n) is 8.21. The molecule has 0 aliphatic carbocycles. The molecule has 0 aliphatic rings. The zero-order valence-corrected chi connectivity index (χ0v) is 12.5. The summed E-state index contributed by atoms with van der Waals surface area (Å²) >= 11 is 4.22. The third-order valence-electron chi connectivity index (χ3n) is 2.19. The Morgan fingerprint density at radius 1 is 1.27 bits per heavy atom. The van der Waals surface area contributed by atoms with Crippen LogP contribution in [0.5, 0.6) is 5.75 Å². The summed E-state index contributed by atoms with van der Waals surface area (Å²) in [5.41, 5.74) is 12.5. The summed E-state index contributed by atoms with van der Waals surface area (Å²) < 4.78 is 1.69. The van der Waals surface area contributed by atoms with Gasteiger partial charge in [-0.15, -0.1) is 0 Å². The van der Waals surface area contributed by atoms with Gasteiger partial charge in [-0.2, -0.15) is 0 Å². The van der Waals surface area contributed by atoms with E-state index in [0.717, 1.165) is 25.5 Å². The van der Waals surface area contributed by atoms with Crippen molar-refractivity contribution < 1.29 is 5.11 Å². The van der Waals surface area contributed by atoms with E-state index in [1.807, 2.05) is 12.1 Å². The number of benzene rings is 1. The van der Waals surface area contributed by atoms with Crippen LogP contribution in [0.4, 0.5) is 0 Å². The standard InChI is InChI=1S/C10H14I2N2O/c11-7-4-6(5-8(12)10(7)15)9(14)2-1-3-13/h4-5,9,15H,1-3,13-14H2/t9-/m0/s1. The molecule has 84 valence electrons. The highest BCUT2D eigenvalue weighted by atomic mass is 127. The van der Waals surface area contributed by atoms with E-state index in [-0.39, 0.29) is 6.04 Å². The van der Waals surface area contributed by atoms with Crippen LogP contribution in [0.15, 0.2) is 12.1 Å². The van der Waals surface area contributed by atoms with Crippen molar-refractivity contribution in [2.24, 2.45) is 11.5 Å². The monoisotopic (exact) mass is 432 g/mol. The molecule has 5 N–H and O–H groups in total. The lowest BCUT2D eigenvalue weighted by molar-refractivity contribution is 0.466. The average molecular weight is 432 g/mol. The van der Waals surface area contributed by atoms with Crippen molar-refractivity contribution in [3.05, 3.63) is 24.8 Å². The van der Waals surface area contributed by atoms with Gasteiger partial charge in [0.2, 0.25) is 0 Å². The van der Waals surface area contributed by atoms with Crippen molar-refractivity contribution in [1.82, 2.24) is 0 Å². The number of aromatic hydroxyl groups is 1. The number of phenolic OH excluding ortho intramolecular Hbond substituents is 1. The Bertz CT molecular complexity index is 321. The Kier molecular flexibility index (Phi) is 5.58. The van der Waals surface area contributed by atoms with E-state index in [4.69, 9.17) is 11.5 Å². The van der Waals surface area contributed by atoms with E-state index in [0.29, 0.717) is 12.3 Å². The highest BCUT2D eigenvalue weighted by Gasteiger charge is 2.10. The molecule has 0 aromatic heterocycles. The lowest BCUT2D eigenvalue weighted by Crippen LogP contribution is -2.13. The van der Waals surface area contributed by atoms with E-state index in [9.17, 15) is 5.11 Å². The van der Waals surface area contributed by atoms with Gasteiger partial charge in [-0.1, -0.05) is 0 Å². The number of hydrogen-bond acceptors (Lipinski definition) is 3. The largest absolute Gasteiger partial charge is 0.506 e. The smallest absolute Gasteiger partial charge is 0.142 e. The predicted molar refractivity (Wildman–Crippen MR) is 78.8 cm³/mol. The highest BCUT2D eigenvalue weighted by molar-refractivity contribution is 14.1. The van der Waals surface area contributed by atoms with Crippen LogP contribution >= 0.6 is 45.2 Å². The van der Waals surface area contributed by atoms with Crippen molar-refractivity contribution >= 4 is 45.2 Å². The third-order valence-corrected chi connectivity index (χ3v) is 3.83. The van der Waals surface area contributed by atoms with Crippen LogP contribution in [0.2, 0.25) is 0 Å². The Hall–Kier alpha value is 0.400. The predicted octanol–water partition coefficient (Wildman–Crippen LogP) is 2.34. The first kappa shape index (κ1) is 13.5. The second-order valence-electron chi connectivity index (χ2n) is 3.37. The summed E-state index contributed by atoms with van der Waals surface area (Å²) in [4.78, 5) is 0. The summed E-state index contributed by atoms with van der Waals surface area (Å²) in [7, 11) is 0. The molecule has 0 spiro atoms. The summed E-state index contributed by atoms with van der Waals surface area (Å²) in [5.74, 6) is 0.339. The average Bonchev–Trinajstić information content (AvgIpc) is 2.21. The van der Waals surface area contributed by atoms with E-state index in [1.54, 1.807) is 0 Å². The number of halogens is 2. The quantitative estimate of drug-likeness (QED) is 0.640. The molecule has 1 aromatic rings. The van der Waals surface area contributed by atoms with Gasteiger partial charge in [0, 0.05) is 6.04 Å². The number of nitrogens with two attached hydrogens (primary N) is 2. The first-order valence-corrected chi connectivity index (χ1v) is 6.85. The van der Waals surface area contributed by atoms with Gasteiger partial charge in [0.05, 0.1) is 7.14 Å². The van der Waals surface area contributed by atoms with E-state index in [2.05, 4.69) is 45.2 Å². The van der Waals surface area contributed by atoms with Gasteiger partial charge >= 0.3 is 0 Å². The number of rotatable bonds is 4. The molecule has 0 aliphatic heterocycles. The van der Waals surface area contributed by atoms with Crippen LogP contribution in [0.3, 0.4) is 0 Å². The van der Waals surface area contributed by atoms with Gasteiger partial charge < -0.3 is 16.6 Å². The number of phenols is 1. The summed E-state index contributed by atoms with van der Waals surface area (Å²) in [6, 6.07) is 3.87. The van der Waals surface area contributed by atoms with Gasteiger partial charge in [0.15, 0.2) is 0 Å². The first-order chi connectivity index (χ1) is 7.06. The molecule has 1 atom stereocenters. The van der Waals surface area contributed by atoms with Gasteiger partial charge in [0.25, 0.3) is 0 Å². The minimum Gasteiger partial charge on any atom is -0.506 e. The van der Waals surface area contributed by atoms with Gasteiger partial charge in [-0.25, -0.2) is 0 Å². The topological polar surface area (TPSA) is 72.3 Å². The molecule has 0 unspecified atom stereocenters. The SMILES string of the molecule is NCCC[C@H](N)c1cc(I)c(O)c(I)c1. The molecule has 0 saturated heterocycles. The molecule has 0 fully saturated rings. The van der Waals surface area contributed by atoms with Gasteiger partial charge in [-0.3, -0.25) is 0 Å². The van der Waals surface area contributed by atoms with Crippen LogP contribution in [-0.4, -0.2) is 11.7 Å². The summed E-state index contributed by atoms with van der Waals surface area (Å²) in [5, 5.41) is 9.61.